The van der Waals surface area contributed by atoms with Crippen molar-refractivity contribution in [1.29, 1.82) is 0 Å². The lowest BCUT2D eigenvalue weighted by Gasteiger charge is -2.42. The number of benzene rings is 1. The van der Waals surface area contributed by atoms with Crippen LogP contribution < -0.4 is 5.32 Å². The summed E-state index contributed by atoms with van der Waals surface area (Å²) in [6.45, 7) is 15.5. The van der Waals surface area contributed by atoms with Crippen molar-refractivity contribution in [3.63, 3.8) is 0 Å². The largest absolute Gasteiger partial charge is 0.463 e. The molecular formula is C37H53N3O7. The summed E-state index contributed by atoms with van der Waals surface area (Å²) in [5.41, 5.74) is -0.447. The molecule has 3 fully saturated rings. The Balaban J connectivity index is 1.70. The molecule has 1 aromatic rings. The molecule has 0 aliphatic carbocycles. The molecule has 1 spiro atoms. The number of amides is 3. The van der Waals surface area contributed by atoms with E-state index in [9.17, 15) is 24.3 Å². The van der Waals surface area contributed by atoms with Gasteiger partial charge in [-0.1, -0.05) is 76.1 Å². The van der Waals surface area contributed by atoms with Gasteiger partial charge in [0.2, 0.25) is 17.7 Å². The number of hydrogen-bond donors (Lipinski definition) is 2. The molecule has 3 saturated heterocycles. The zero-order valence-electron chi connectivity index (χ0n) is 28.4. The van der Waals surface area contributed by atoms with Crippen molar-refractivity contribution in [2.75, 3.05) is 19.8 Å². The van der Waals surface area contributed by atoms with Gasteiger partial charge in [0, 0.05) is 19.0 Å². The van der Waals surface area contributed by atoms with Gasteiger partial charge in [0.25, 0.3) is 0 Å². The Labute approximate surface area is 279 Å². The van der Waals surface area contributed by atoms with E-state index in [1.807, 2.05) is 51.1 Å². The number of carbonyl (C=O) groups excluding carboxylic acids is 4. The first-order valence-corrected chi connectivity index (χ1v) is 17.2. The number of nitrogens with zero attached hydrogens (tertiary/aromatic N) is 2. The van der Waals surface area contributed by atoms with Crippen LogP contribution in [0.2, 0.25) is 0 Å². The molecule has 1 aromatic carbocycles. The van der Waals surface area contributed by atoms with Crippen LogP contribution in [0.4, 0.5) is 0 Å². The van der Waals surface area contributed by atoms with E-state index in [0.29, 0.717) is 32.2 Å². The number of rotatable bonds is 18. The Morgan fingerprint density at radius 1 is 1.19 bits per heavy atom. The van der Waals surface area contributed by atoms with Gasteiger partial charge in [-0.2, -0.15) is 0 Å². The topological polar surface area (TPSA) is 125 Å². The van der Waals surface area contributed by atoms with E-state index in [4.69, 9.17) is 9.47 Å². The van der Waals surface area contributed by atoms with Gasteiger partial charge in [-0.25, -0.2) is 0 Å². The summed E-state index contributed by atoms with van der Waals surface area (Å²) in [7, 11) is 0. The molecule has 1 unspecified atom stereocenters. The normalized spacial score (nSPS) is 27.0. The van der Waals surface area contributed by atoms with Gasteiger partial charge < -0.3 is 29.7 Å². The maximum Gasteiger partial charge on any atom is 0.306 e. The molecule has 0 aromatic heterocycles. The van der Waals surface area contributed by atoms with Crippen LogP contribution in [0.5, 0.6) is 0 Å². The van der Waals surface area contributed by atoms with Gasteiger partial charge in [-0.05, 0) is 44.1 Å². The quantitative estimate of drug-likeness (QED) is 0.179. The van der Waals surface area contributed by atoms with Crippen molar-refractivity contribution < 1.29 is 33.8 Å². The van der Waals surface area contributed by atoms with Crippen LogP contribution >= 0.6 is 0 Å². The number of ether oxygens (including phenoxy) is 2. The summed E-state index contributed by atoms with van der Waals surface area (Å²) >= 11 is 0. The zero-order chi connectivity index (χ0) is 34.3. The van der Waals surface area contributed by atoms with Gasteiger partial charge in [-0.3, -0.25) is 19.2 Å². The molecule has 10 heteroatoms. The van der Waals surface area contributed by atoms with Crippen LogP contribution in [0.25, 0.3) is 0 Å². The fraction of sp³-hybridized carbons (Fsp3) is 0.622. The number of hydrogen-bond acceptors (Lipinski definition) is 7. The molecule has 3 amide bonds. The SMILES string of the molecule is C=CCCC(=O)OC[C@H](NC(=O)[C@@H]1[C@@H]2CC[C@]3(O2)[C@H](C(=O)N(CC=C)C(C)CCC)N([C@@H](CO)[C@@H](C)CC)C(=O)[C@@H]13)c1ccccc1. The number of aliphatic hydroxyl groups is 1. The molecule has 258 valence electrons. The van der Waals surface area contributed by atoms with Crippen molar-refractivity contribution in [2.45, 2.75) is 109 Å². The van der Waals surface area contributed by atoms with Crippen LogP contribution in [-0.2, 0) is 28.7 Å². The summed E-state index contributed by atoms with van der Waals surface area (Å²) in [5, 5.41) is 13.7. The van der Waals surface area contributed by atoms with Crippen molar-refractivity contribution >= 4 is 23.7 Å². The number of aliphatic hydroxyl groups excluding tert-OH is 1. The number of esters is 1. The number of allylic oxidation sites excluding steroid dienone is 1. The third-order valence-corrected chi connectivity index (χ3v) is 10.4. The molecule has 9 atom stereocenters. The van der Waals surface area contributed by atoms with Crippen LogP contribution in [0.3, 0.4) is 0 Å². The maximum absolute atomic E-state index is 14.7. The summed E-state index contributed by atoms with van der Waals surface area (Å²) in [6.07, 6.45) is 6.77. The van der Waals surface area contributed by atoms with E-state index >= 15 is 0 Å². The van der Waals surface area contributed by atoms with Gasteiger partial charge >= 0.3 is 5.97 Å². The van der Waals surface area contributed by atoms with Crippen molar-refractivity contribution in [1.82, 2.24) is 15.1 Å². The minimum atomic E-state index is -1.20. The molecule has 0 saturated carbocycles. The fourth-order valence-corrected chi connectivity index (χ4v) is 7.84. The third-order valence-electron chi connectivity index (χ3n) is 10.4. The molecule has 2 bridgehead atoms. The number of nitrogens with one attached hydrogen (secondary N) is 1. The average molecular weight is 652 g/mol. The summed E-state index contributed by atoms with van der Waals surface area (Å²) in [5.74, 6) is -3.20. The highest BCUT2D eigenvalue weighted by atomic mass is 16.5. The Kier molecular flexibility index (Phi) is 12.4. The first kappa shape index (κ1) is 36.3. The van der Waals surface area contributed by atoms with E-state index in [1.54, 1.807) is 22.0 Å². The van der Waals surface area contributed by atoms with Crippen LogP contribution in [0.1, 0.15) is 84.2 Å². The highest BCUT2D eigenvalue weighted by Crippen LogP contribution is 2.59. The third kappa shape index (κ3) is 7.18. The highest BCUT2D eigenvalue weighted by Gasteiger charge is 2.75. The lowest BCUT2D eigenvalue weighted by atomic mass is 9.70. The van der Waals surface area contributed by atoms with E-state index < -0.39 is 47.6 Å². The van der Waals surface area contributed by atoms with E-state index in [1.165, 1.54) is 0 Å². The summed E-state index contributed by atoms with van der Waals surface area (Å²) in [4.78, 5) is 59.3. The zero-order valence-corrected chi connectivity index (χ0v) is 28.4. The van der Waals surface area contributed by atoms with Crippen LogP contribution in [0.15, 0.2) is 55.6 Å². The van der Waals surface area contributed by atoms with Crippen molar-refractivity contribution in [3.8, 4) is 0 Å². The van der Waals surface area contributed by atoms with E-state index in [-0.39, 0.29) is 49.3 Å². The number of carbonyl (C=O) groups is 4. The first-order chi connectivity index (χ1) is 22.6. The average Bonchev–Trinajstić information content (AvgIpc) is 3.72. The van der Waals surface area contributed by atoms with Gasteiger partial charge in [0.05, 0.1) is 36.6 Å². The molecule has 3 aliphatic heterocycles. The molecule has 3 aliphatic rings. The second kappa shape index (κ2) is 16.1. The standard InChI is InChI=1S/C37H53N3O7/c1-7-11-18-30(42)46-23-27(26-16-13-12-14-17-26)38-34(43)31-29-19-20-37(47-29)32(31)35(44)40(28(22-41)24(5)10-4)33(37)36(45)39(21-9-3)25(6)15-8-2/h7,9,12-14,16-17,24-25,27-29,31-33,41H,1,3,8,10-11,15,18-23H2,2,4-6H3,(H,38,43)/t24-,25?,27-,28-,29-,31+,32+,33-,37+/m0/s1. The minimum Gasteiger partial charge on any atom is -0.463 e. The Morgan fingerprint density at radius 2 is 1.91 bits per heavy atom. The first-order valence-electron chi connectivity index (χ1n) is 17.2. The molecular weight excluding hydrogens is 598 g/mol. The van der Waals surface area contributed by atoms with E-state index in [0.717, 1.165) is 18.4 Å². The second-order valence-corrected chi connectivity index (χ2v) is 13.3. The smallest absolute Gasteiger partial charge is 0.306 e. The van der Waals surface area contributed by atoms with Gasteiger partial charge in [0.1, 0.15) is 18.2 Å². The van der Waals surface area contributed by atoms with Gasteiger partial charge in [-0.15, -0.1) is 13.2 Å². The predicted molar refractivity (Wildman–Crippen MR) is 179 cm³/mol. The van der Waals surface area contributed by atoms with Crippen LogP contribution in [-0.4, -0.2) is 88.2 Å². The summed E-state index contributed by atoms with van der Waals surface area (Å²) in [6, 6.07) is 6.89. The predicted octanol–water partition coefficient (Wildman–Crippen LogP) is 4.34. The van der Waals surface area contributed by atoms with Crippen LogP contribution in [0, 0.1) is 17.8 Å². The highest BCUT2D eigenvalue weighted by molar-refractivity contribution is 5.99. The lowest BCUT2D eigenvalue weighted by Crippen LogP contribution is -2.60. The second-order valence-electron chi connectivity index (χ2n) is 13.3. The van der Waals surface area contributed by atoms with Gasteiger partial charge in [0.15, 0.2) is 0 Å². The number of fused-ring (bicyclic) bond motifs is 1. The molecule has 2 N–H and O–H groups in total. The molecule has 10 nitrogen and oxygen atoms in total. The van der Waals surface area contributed by atoms with E-state index in [2.05, 4.69) is 25.4 Å². The molecule has 47 heavy (non-hydrogen) atoms. The molecule has 4 rings (SSSR count). The molecule has 3 heterocycles. The van der Waals surface area contributed by atoms with Crippen molar-refractivity contribution in [3.05, 3.63) is 61.2 Å². The Bertz CT molecular complexity index is 1290. The monoisotopic (exact) mass is 651 g/mol. The Hall–Kier alpha value is -3.50. The fourth-order valence-electron chi connectivity index (χ4n) is 7.84. The lowest BCUT2D eigenvalue weighted by molar-refractivity contribution is -0.154. The maximum atomic E-state index is 14.7. The minimum absolute atomic E-state index is 0.0760. The van der Waals surface area contributed by atoms with Crippen molar-refractivity contribution in [2.24, 2.45) is 17.8 Å². The Morgan fingerprint density at radius 3 is 2.53 bits per heavy atom. The number of likely N-dealkylation sites (tertiary alicyclic amines) is 1. The molecule has 0 radical (unpaired) electrons. The summed E-state index contributed by atoms with van der Waals surface area (Å²) < 4.78 is 12.2.